The van der Waals surface area contributed by atoms with Crippen LogP contribution < -0.4 is 14.9 Å². The van der Waals surface area contributed by atoms with Crippen molar-refractivity contribution in [2.75, 3.05) is 19.9 Å². The first-order chi connectivity index (χ1) is 18.4. The highest BCUT2D eigenvalue weighted by atomic mass is 19.1. The lowest BCUT2D eigenvalue weighted by molar-refractivity contribution is 0.0505. The number of esters is 1. The van der Waals surface area contributed by atoms with Gasteiger partial charge in [0.2, 0.25) is 11.2 Å². The molecule has 4 aromatic rings. The molecular weight excluding hydrogens is 489 g/mol. The number of aryl methyl sites for hydroxylation is 1. The molecule has 38 heavy (non-hydrogen) atoms. The number of rotatable bonds is 8. The van der Waals surface area contributed by atoms with Gasteiger partial charge in [-0.2, -0.15) is 0 Å². The summed E-state index contributed by atoms with van der Waals surface area (Å²) in [6, 6.07) is 16.4. The predicted molar refractivity (Wildman–Crippen MR) is 140 cm³/mol. The smallest absolute Gasteiger partial charge is 0.338 e. The Kier molecular flexibility index (Phi) is 7.42. The number of carbonyl (C=O) groups is 1. The number of halogens is 1. The van der Waals surface area contributed by atoms with Crippen LogP contribution in [-0.4, -0.2) is 30.8 Å². The molecule has 1 aliphatic rings. The molecule has 0 atom stereocenters. The normalized spacial score (nSPS) is 13.1. The Labute approximate surface area is 219 Å². The zero-order chi connectivity index (χ0) is 26.6. The second kappa shape index (κ2) is 11.1. The average Bonchev–Trinajstić information content (AvgIpc) is 2.94. The lowest BCUT2D eigenvalue weighted by Crippen LogP contribution is -2.33. The van der Waals surface area contributed by atoms with Gasteiger partial charge in [0.25, 0.3) is 0 Å². The standard InChI is InChI=1S/C30H28FNO6/c1-3-16-35-30(34)21-6-10-23(11-7-21)38-28-19(2)37-29-24(27(28)33)12-13-26-25(29)17-32(18-36-26)15-14-20-4-8-22(31)9-5-20/h4-13H,3,14-18H2,1-2H3. The van der Waals surface area contributed by atoms with Gasteiger partial charge in [0.05, 0.1) is 23.1 Å². The fourth-order valence-electron chi connectivity index (χ4n) is 4.36. The van der Waals surface area contributed by atoms with Crippen molar-refractivity contribution in [2.45, 2.75) is 33.2 Å². The lowest BCUT2D eigenvalue weighted by Gasteiger charge is -2.29. The van der Waals surface area contributed by atoms with Gasteiger partial charge >= 0.3 is 5.97 Å². The minimum absolute atomic E-state index is 0.0867. The molecule has 5 rings (SSSR count). The van der Waals surface area contributed by atoms with Gasteiger partial charge < -0.3 is 18.6 Å². The maximum atomic E-state index is 13.4. The van der Waals surface area contributed by atoms with Crippen LogP contribution >= 0.6 is 0 Å². The summed E-state index contributed by atoms with van der Waals surface area (Å²) in [6.07, 6.45) is 1.48. The second-order valence-corrected chi connectivity index (χ2v) is 9.20. The minimum Gasteiger partial charge on any atom is -0.478 e. The summed E-state index contributed by atoms with van der Waals surface area (Å²) in [7, 11) is 0. The van der Waals surface area contributed by atoms with Crippen molar-refractivity contribution < 1.29 is 27.8 Å². The lowest BCUT2D eigenvalue weighted by atomic mass is 10.1. The van der Waals surface area contributed by atoms with E-state index in [0.717, 1.165) is 24.0 Å². The summed E-state index contributed by atoms with van der Waals surface area (Å²) in [5.41, 5.74) is 2.42. The van der Waals surface area contributed by atoms with Crippen LogP contribution in [-0.2, 0) is 17.7 Å². The van der Waals surface area contributed by atoms with Crippen LogP contribution in [0.5, 0.6) is 17.2 Å². The number of hydrogen-bond donors (Lipinski definition) is 0. The van der Waals surface area contributed by atoms with Crippen LogP contribution in [0.15, 0.2) is 69.9 Å². The topological polar surface area (TPSA) is 78.2 Å². The van der Waals surface area contributed by atoms with E-state index in [1.54, 1.807) is 55.5 Å². The number of nitrogens with zero attached hydrogens (tertiary/aromatic N) is 1. The molecule has 0 radical (unpaired) electrons. The largest absolute Gasteiger partial charge is 0.478 e. The van der Waals surface area contributed by atoms with Crippen molar-refractivity contribution in [3.63, 3.8) is 0 Å². The van der Waals surface area contributed by atoms with E-state index in [2.05, 4.69) is 4.90 Å². The SMILES string of the molecule is CCCOC(=O)c1ccc(Oc2c(C)oc3c4c(ccc3c2=O)OCN(CCc2ccc(F)cc2)C4)cc1. The third kappa shape index (κ3) is 5.40. The summed E-state index contributed by atoms with van der Waals surface area (Å²) in [6.45, 7) is 5.62. The van der Waals surface area contributed by atoms with E-state index < -0.39 is 5.97 Å². The van der Waals surface area contributed by atoms with Crippen molar-refractivity contribution in [2.24, 2.45) is 0 Å². The molecule has 0 saturated carbocycles. The van der Waals surface area contributed by atoms with E-state index >= 15 is 0 Å². The zero-order valence-electron chi connectivity index (χ0n) is 21.3. The van der Waals surface area contributed by atoms with Crippen LogP contribution in [0, 0.1) is 12.7 Å². The average molecular weight is 518 g/mol. The number of fused-ring (bicyclic) bond motifs is 3. The molecule has 7 nitrogen and oxygen atoms in total. The van der Waals surface area contributed by atoms with Gasteiger partial charge in [0.1, 0.15) is 35.4 Å². The van der Waals surface area contributed by atoms with Crippen molar-refractivity contribution in [1.29, 1.82) is 0 Å². The van der Waals surface area contributed by atoms with Gasteiger partial charge in [-0.1, -0.05) is 19.1 Å². The fourth-order valence-corrected chi connectivity index (χ4v) is 4.36. The van der Waals surface area contributed by atoms with Crippen molar-refractivity contribution in [3.05, 3.63) is 99.2 Å². The van der Waals surface area contributed by atoms with Gasteiger partial charge in [-0.05, 0) is 73.9 Å². The Bertz CT molecular complexity index is 1510. The summed E-state index contributed by atoms with van der Waals surface area (Å²) in [5, 5.41) is 0.396. The van der Waals surface area contributed by atoms with Gasteiger partial charge in [0.15, 0.2) is 0 Å². The molecule has 0 saturated heterocycles. The zero-order valence-corrected chi connectivity index (χ0v) is 21.3. The molecule has 1 aromatic heterocycles. The summed E-state index contributed by atoms with van der Waals surface area (Å²) >= 11 is 0. The van der Waals surface area contributed by atoms with E-state index in [4.69, 9.17) is 18.6 Å². The molecule has 0 bridgehead atoms. The molecule has 8 heteroatoms. The maximum Gasteiger partial charge on any atom is 0.338 e. The van der Waals surface area contributed by atoms with Crippen molar-refractivity contribution >= 4 is 16.9 Å². The van der Waals surface area contributed by atoms with E-state index in [0.29, 0.717) is 60.2 Å². The van der Waals surface area contributed by atoms with Gasteiger partial charge in [-0.25, -0.2) is 9.18 Å². The molecule has 0 unspecified atom stereocenters. The predicted octanol–water partition coefficient (Wildman–Crippen LogP) is 5.99. The number of benzene rings is 3. The number of hydrogen-bond acceptors (Lipinski definition) is 7. The first-order valence-corrected chi connectivity index (χ1v) is 12.6. The molecule has 0 spiro atoms. The highest BCUT2D eigenvalue weighted by Crippen LogP contribution is 2.34. The first kappa shape index (κ1) is 25.5. The van der Waals surface area contributed by atoms with Crippen LogP contribution in [0.3, 0.4) is 0 Å². The Morgan fingerprint density at radius 3 is 2.55 bits per heavy atom. The molecule has 0 N–H and O–H groups in total. The highest BCUT2D eigenvalue weighted by Gasteiger charge is 2.24. The molecule has 0 amide bonds. The maximum absolute atomic E-state index is 13.4. The van der Waals surface area contributed by atoms with Crippen LogP contribution in [0.1, 0.15) is 40.6 Å². The molecule has 2 heterocycles. The van der Waals surface area contributed by atoms with Crippen LogP contribution in [0.2, 0.25) is 0 Å². The highest BCUT2D eigenvalue weighted by molar-refractivity contribution is 5.89. The molecule has 196 valence electrons. The Morgan fingerprint density at radius 1 is 1.05 bits per heavy atom. The number of carbonyl (C=O) groups excluding carboxylic acids is 1. The molecule has 1 aliphatic heterocycles. The fraction of sp³-hybridized carbons (Fsp3) is 0.267. The summed E-state index contributed by atoms with van der Waals surface area (Å²) < 4.78 is 36.3. The summed E-state index contributed by atoms with van der Waals surface area (Å²) in [5.74, 6) is 0.846. The van der Waals surface area contributed by atoms with Gasteiger partial charge in [-0.15, -0.1) is 0 Å². The van der Waals surface area contributed by atoms with E-state index in [-0.39, 0.29) is 17.0 Å². The van der Waals surface area contributed by atoms with Crippen LogP contribution in [0.25, 0.3) is 11.0 Å². The third-order valence-corrected chi connectivity index (χ3v) is 6.40. The first-order valence-electron chi connectivity index (χ1n) is 12.6. The minimum atomic E-state index is -0.404. The Balaban J connectivity index is 1.36. The molecule has 3 aromatic carbocycles. The monoisotopic (exact) mass is 517 g/mol. The van der Waals surface area contributed by atoms with E-state index in [9.17, 15) is 14.0 Å². The van der Waals surface area contributed by atoms with Crippen molar-refractivity contribution in [1.82, 2.24) is 4.90 Å². The Morgan fingerprint density at radius 2 is 1.82 bits per heavy atom. The quantitative estimate of drug-likeness (QED) is 0.266. The van der Waals surface area contributed by atoms with Gasteiger partial charge in [0, 0.05) is 13.1 Å². The number of ether oxygens (including phenoxy) is 3. The molecule has 0 fully saturated rings. The Hall–Kier alpha value is -4.17. The third-order valence-electron chi connectivity index (χ3n) is 6.40. The van der Waals surface area contributed by atoms with Crippen molar-refractivity contribution in [3.8, 4) is 17.2 Å². The van der Waals surface area contributed by atoms with E-state index in [1.165, 1.54) is 12.1 Å². The van der Waals surface area contributed by atoms with E-state index in [1.807, 2.05) is 6.92 Å². The molecule has 0 aliphatic carbocycles. The second-order valence-electron chi connectivity index (χ2n) is 9.20. The van der Waals surface area contributed by atoms with Crippen LogP contribution in [0.4, 0.5) is 4.39 Å². The summed E-state index contributed by atoms with van der Waals surface area (Å²) in [4.78, 5) is 27.6. The molecular formula is C30H28FNO6. The van der Waals surface area contributed by atoms with Gasteiger partial charge in [-0.3, -0.25) is 9.69 Å².